The number of nitrogens with zero attached hydrogens (tertiary/aromatic N) is 1. The van der Waals surface area contributed by atoms with Crippen LogP contribution in [0.1, 0.15) is 0 Å². The molecule has 2 rings (SSSR count). The van der Waals surface area contributed by atoms with Crippen molar-refractivity contribution >= 4 is 25.7 Å². The smallest absolute Gasteiger partial charge is 0.406 e. The van der Waals surface area contributed by atoms with Crippen LogP contribution in [0.5, 0.6) is 5.75 Å². The second-order valence-corrected chi connectivity index (χ2v) is 9.27. The highest BCUT2D eigenvalue weighted by Gasteiger charge is 2.31. The quantitative estimate of drug-likeness (QED) is 0.770. The summed E-state index contributed by atoms with van der Waals surface area (Å²) in [5.74, 6) is -0.556. The molecule has 0 aromatic heterocycles. The molecule has 12 heteroatoms. The molecule has 0 aliphatic rings. The molecule has 2 aromatic carbocycles. The van der Waals surface area contributed by atoms with E-state index >= 15 is 0 Å². The van der Waals surface area contributed by atoms with Crippen molar-refractivity contribution in [1.82, 2.24) is 4.31 Å². The van der Waals surface area contributed by atoms with Crippen LogP contribution in [0.15, 0.2) is 58.3 Å². The number of rotatable bonds is 6. The van der Waals surface area contributed by atoms with Crippen molar-refractivity contribution < 1.29 is 34.7 Å². The number of nitrogens with one attached hydrogen (secondary N) is 1. The topological polar surface area (TPSA) is 92.8 Å². The lowest BCUT2D eigenvalue weighted by molar-refractivity contribution is -0.274. The van der Waals surface area contributed by atoms with Crippen LogP contribution in [0.25, 0.3) is 0 Å². The van der Waals surface area contributed by atoms with Crippen LogP contribution in [0.4, 0.5) is 18.9 Å². The lowest BCUT2D eigenvalue weighted by Crippen LogP contribution is -2.22. The van der Waals surface area contributed by atoms with E-state index in [1.807, 2.05) is 0 Å². The molecule has 2 aromatic rings. The summed E-state index contributed by atoms with van der Waals surface area (Å²) in [6.45, 7) is 0. The van der Waals surface area contributed by atoms with Gasteiger partial charge in [0.15, 0.2) is 0 Å². The Morgan fingerprint density at radius 2 is 1.33 bits per heavy atom. The number of benzene rings is 2. The Morgan fingerprint density at radius 3 is 1.78 bits per heavy atom. The third kappa shape index (κ3) is 5.34. The van der Waals surface area contributed by atoms with Gasteiger partial charge in [0.2, 0.25) is 10.0 Å². The first-order valence-electron chi connectivity index (χ1n) is 7.22. The Bertz CT molecular complexity index is 1000. The van der Waals surface area contributed by atoms with Crippen LogP contribution in [0.2, 0.25) is 0 Å². The third-order valence-electron chi connectivity index (χ3n) is 3.25. The van der Waals surface area contributed by atoms with E-state index in [0.29, 0.717) is 0 Å². The van der Waals surface area contributed by atoms with Gasteiger partial charge < -0.3 is 4.74 Å². The van der Waals surface area contributed by atoms with Crippen molar-refractivity contribution in [3.8, 4) is 5.75 Å². The minimum absolute atomic E-state index is 0.0240. The van der Waals surface area contributed by atoms with Crippen molar-refractivity contribution in [2.75, 3.05) is 18.8 Å². The van der Waals surface area contributed by atoms with Crippen LogP contribution >= 0.6 is 0 Å². The van der Waals surface area contributed by atoms with Gasteiger partial charge in [0, 0.05) is 19.8 Å². The highest BCUT2D eigenvalue weighted by molar-refractivity contribution is 7.92. The van der Waals surface area contributed by atoms with Crippen molar-refractivity contribution in [3.05, 3.63) is 48.5 Å². The van der Waals surface area contributed by atoms with Gasteiger partial charge in [-0.3, -0.25) is 4.72 Å². The summed E-state index contributed by atoms with van der Waals surface area (Å²) in [4.78, 5) is -0.314. The van der Waals surface area contributed by atoms with E-state index in [4.69, 9.17) is 0 Å². The Hall–Kier alpha value is -2.31. The number of hydrogen-bond donors (Lipinski definition) is 1. The normalized spacial score (nSPS) is 12.8. The molecule has 0 aliphatic carbocycles. The zero-order valence-electron chi connectivity index (χ0n) is 14.1. The highest BCUT2D eigenvalue weighted by Crippen LogP contribution is 2.25. The first-order valence-corrected chi connectivity index (χ1v) is 10.1. The van der Waals surface area contributed by atoms with Gasteiger partial charge in [-0.1, -0.05) is 0 Å². The molecule has 27 heavy (non-hydrogen) atoms. The van der Waals surface area contributed by atoms with Crippen molar-refractivity contribution in [3.63, 3.8) is 0 Å². The van der Waals surface area contributed by atoms with Gasteiger partial charge in [-0.05, 0) is 48.5 Å². The SMILES string of the molecule is CN(C)S(=O)(=O)c1ccc(NS(=O)(=O)c2ccc(OC(F)(F)F)cc2)cc1. The van der Waals surface area contributed by atoms with E-state index in [2.05, 4.69) is 9.46 Å². The molecule has 0 atom stereocenters. The minimum atomic E-state index is -4.88. The first-order chi connectivity index (χ1) is 12.3. The van der Waals surface area contributed by atoms with Gasteiger partial charge in [-0.15, -0.1) is 13.2 Å². The van der Waals surface area contributed by atoms with Crippen LogP contribution in [0.3, 0.4) is 0 Å². The lowest BCUT2D eigenvalue weighted by atomic mass is 10.3. The van der Waals surface area contributed by atoms with E-state index in [-0.39, 0.29) is 15.5 Å². The minimum Gasteiger partial charge on any atom is -0.406 e. The molecule has 0 radical (unpaired) electrons. The van der Waals surface area contributed by atoms with Crippen LogP contribution < -0.4 is 9.46 Å². The van der Waals surface area contributed by atoms with E-state index in [9.17, 15) is 30.0 Å². The Morgan fingerprint density at radius 1 is 0.852 bits per heavy atom. The number of halogens is 3. The lowest BCUT2D eigenvalue weighted by Gasteiger charge is -2.13. The predicted molar refractivity (Wildman–Crippen MR) is 91.2 cm³/mol. The van der Waals surface area contributed by atoms with Gasteiger partial charge in [0.1, 0.15) is 5.75 Å². The Labute approximate surface area is 154 Å². The molecule has 7 nitrogen and oxygen atoms in total. The molecule has 0 unspecified atom stereocenters. The van der Waals surface area contributed by atoms with E-state index in [1.54, 1.807) is 0 Å². The van der Waals surface area contributed by atoms with Crippen LogP contribution in [-0.4, -0.2) is 41.6 Å². The van der Waals surface area contributed by atoms with E-state index in [1.165, 1.54) is 38.4 Å². The fourth-order valence-electron chi connectivity index (χ4n) is 1.94. The fourth-order valence-corrected chi connectivity index (χ4v) is 3.90. The average molecular weight is 424 g/mol. The monoisotopic (exact) mass is 424 g/mol. The average Bonchev–Trinajstić information content (AvgIpc) is 2.54. The molecule has 0 fully saturated rings. The fraction of sp³-hybridized carbons (Fsp3) is 0.200. The highest BCUT2D eigenvalue weighted by atomic mass is 32.2. The largest absolute Gasteiger partial charge is 0.573 e. The summed E-state index contributed by atoms with van der Waals surface area (Å²) in [5.41, 5.74) is 0.0864. The molecule has 0 saturated carbocycles. The maximum absolute atomic E-state index is 12.3. The van der Waals surface area contributed by atoms with Crippen molar-refractivity contribution in [2.24, 2.45) is 0 Å². The molecule has 0 amide bonds. The Kier molecular flexibility index (Phi) is 5.73. The van der Waals surface area contributed by atoms with Gasteiger partial charge in [0.25, 0.3) is 10.0 Å². The molecule has 148 valence electrons. The van der Waals surface area contributed by atoms with Crippen molar-refractivity contribution in [2.45, 2.75) is 16.2 Å². The molecule has 0 bridgehead atoms. The summed E-state index contributed by atoms with van der Waals surface area (Å²) in [6, 6.07) is 8.62. The number of anilines is 1. The molecule has 1 N–H and O–H groups in total. The van der Waals surface area contributed by atoms with Gasteiger partial charge in [0.05, 0.1) is 9.79 Å². The molecule has 0 heterocycles. The summed E-state index contributed by atoms with van der Waals surface area (Å²) in [6.07, 6.45) is -4.88. The zero-order chi connectivity index (χ0) is 20.5. The molecule has 0 saturated heterocycles. The summed E-state index contributed by atoms with van der Waals surface area (Å²) < 4.78 is 91.8. The molecule has 0 aliphatic heterocycles. The maximum atomic E-state index is 12.3. The number of ether oxygens (including phenoxy) is 1. The van der Waals surface area contributed by atoms with Gasteiger partial charge in [-0.25, -0.2) is 21.1 Å². The second-order valence-electron chi connectivity index (χ2n) is 5.44. The van der Waals surface area contributed by atoms with Gasteiger partial charge in [-0.2, -0.15) is 0 Å². The van der Waals surface area contributed by atoms with Crippen LogP contribution in [0, 0.1) is 0 Å². The predicted octanol–water partition coefficient (Wildman–Crippen LogP) is 2.64. The summed E-state index contributed by atoms with van der Waals surface area (Å²) in [7, 11) is -5.03. The maximum Gasteiger partial charge on any atom is 0.573 e. The van der Waals surface area contributed by atoms with E-state index < -0.39 is 32.2 Å². The number of hydrogen-bond acceptors (Lipinski definition) is 5. The van der Waals surface area contributed by atoms with E-state index in [0.717, 1.165) is 28.6 Å². The third-order valence-corrected chi connectivity index (χ3v) is 6.48. The first kappa shape index (κ1) is 21.0. The number of sulfonamides is 2. The zero-order valence-corrected chi connectivity index (χ0v) is 15.7. The standard InChI is InChI=1S/C15H15F3N2O5S2/c1-20(2)27(23,24)14-7-3-11(4-8-14)19-26(21,22)13-9-5-12(6-10-13)25-15(16,17)18/h3-10,19H,1-2H3. The summed E-state index contributed by atoms with van der Waals surface area (Å²) >= 11 is 0. The molecular weight excluding hydrogens is 409 g/mol. The molecular formula is C15H15F3N2O5S2. The molecule has 0 spiro atoms. The van der Waals surface area contributed by atoms with Crippen LogP contribution in [-0.2, 0) is 20.0 Å². The van der Waals surface area contributed by atoms with Gasteiger partial charge >= 0.3 is 6.36 Å². The Balaban J connectivity index is 2.19. The second kappa shape index (κ2) is 7.37. The number of alkyl halides is 3. The summed E-state index contributed by atoms with van der Waals surface area (Å²) in [5, 5.41) is 0. The van der Waals surface area contributed by atoms with Crippen molar-refractivity contribution in [1.29, 1.82) is 0 Å².